The lowest BCUT2D eigenvalue weighted by Crippen LogP contribution is -2.39. The number of nitrogens with zero attached hydrogens (tertiary/aromatic N) is 5. The minimum atomic E-state index is -0.370. The molecule has 0 saturated heterocycles. The van der Waals surface area contributed by atoms with Crippen LogP contribution in [0.4, 0.5) is 9.52 Å². The van der Waals surface area contributed by atoms with E-state index in [1.165, 1.54) is 17.4 Å². The summed E-state index contributed by atoms with van der Waals surface area (Å²) in [4.78, 5) is 21.8. The summed E-state index contributed by atoms with van der Waals surface area (Å²) >= 11 is 1.34. The van der Waals surface area contributed by atoms with Crippen LogP contribution in [0.5, 0.6) is 0 Å². The van der Waals surface area contributed by atoms with Gasteiger partial charge in [0, 0.05) is 19.6 Å². The van der Waals surface area contributed by atoms with Crippen LogP contribution in [-0.4, -0.2) is 51.8 Å². The van der Waals surface area contributed by atoms with Crippen molar-refractivity contribution in [1.82, 2.24) is 19.7 Å². The zero-order chi connectivity index (χ0) is 20.3. The number of rotatable bonds is 8. The Hall–Kier alpha value is -2.32. The third-order valence-electron chi connectivity index (χ3n) is 4.79. The minimum absolute atomic E-state index is 0.158. The van der Waals surface area contributed by atoms with Crippen molar-refractivity contribution in [2.75, 3.05) is 31.1 Å². The van der Waals surface area contributed by atoms with E-state index in [1.807, 2.05) is 19.9 Å². The number of aryl methyl sites for hydroxylation is 2. The number of carbonyl (C=O) groups is 1. The standard InChI is InChI=1S/C20H26FN5OS/c1-5-24(6-2)11-12-25(19(27)16-13-14(4)23-26(16)7-3)20-22-18-15(21)9-8-10-17(18)28-20/h8-10,13H,5-7,11-12H2,1-4H3. The highest BCUT2D eigenvalue weighted by Crippen LogP contribution is 2.31. The van der Waals surface area contributed by atoms with Crippen LogP contribution >= 0.6 is 11.3 Å². The monoisotopic (exact) mass is 403 g/mol. The van der Waals surface area contributed by atoms with Crippen LogP contribution in [0.3, 0.4) is 0 Å². The van der Waals surface area contributed by atoms with Crippen LogP contribution in [0.2, 0.25) is 0 Å². The minimum Gasteiger partial charge on any atom is -0.302 e. The molecule has 0 saturated carbocycles. The first-order valence-corrected chi connectivity index (χ1v) is 10.4. The van der Waals surface area contributed by atoms with Crippen molar-refractivity contribution in [3.8, 4) is 0 Å². The highest BCUT2D eigenvalue weighted by molar-refractivity contribution is 7.22. The van der Waals surface area contributed by atoms with Crippen LogP contribution in [0.25, 0.3) is 10.2 Å². The molecule has 0 N–H and O–H groups in total. The number of aromatic nitrogens is 3. The van der Waals surface area contributed by atoms with E-state index in [9.17, 15) is 9.18 Å². The van der Waals surface area contributed by atoms with Crippen molar-refractivity contribution in [2.45, 2.75) is 34.2 Å². The topological polar surface area (TPSA) is 54.3 Å². The van der Waals surface area contributed by atoms with Crippen LogP contribution in [0.15, 0.2) is 24.3 Å². The van der Waals surface area contributed by atoms with Crippen LogP contribution in [-0.2, 0) is 6.54 Å². The second-order valence-electron chi connectivity index (χ2n) is 6.55. The molecule has 3 rings (SSSR count). The molecule has 2 aromatic heterocycles. The second-order valence-corrected chi connectivity index (χ2v) is 7.56. The number of likely N-dealkylation sites (N-methyl/N-ethyl adjacent to an activating group) is 1. The Morgan fingerprint density at radius 1 is 1.21 bits per heavy atom. The quantitative estimate of drug-likeness (QED) is 0.572. The van der Waals surface area contributed by atoms with E-state index in [2.05, 4.69) is 28.8 Å². The molecule has 28 heavy (non-hydrogen) atoms. The van der Waals surface area contributed by atoms with Gasteiger partial charge in [0.2, 0.25) is 0 Å². The maximum Gasteiger partial charge on any atom is 0.278 e. The summed E-state index contributed by atoms with van der Waals surface area (Å²) in [7, 11) is 0. The number of thiazole rings is 1. The fraction of sp³-hybridized carbons (Fsp3) is 0.450. The second kappa shape index (κ2) is 8.79. The maximum absolute atomic E-state index is 14.2. The van der Waals surface area contributed by atoms with Crippen LogP contribution < -0.4 is 4.90 Å². The van der Waals surface area contributed by atoms with E-state index in [0.29, 0.717) is 29.4 Å². The molecule has 0 radical (unpaired) electrons. The molecule has 0 aliphatic heterocycles. The van der Waals surface area contributed by atoms with Gasteiger partial charge in [0.1, 0.15) is 17.0 Å². The number of fused-ring (bicyclic) bond motifs is 1. The van der Waals surface area contributed by atoms with Gasteiger partial charge >= 0.3 is 0 Å². The summed E-state index contributed by atoms with van der Waals surface area (Å²) in [5.74, 6) is -0.528. The van der Waals surface area contributed by atoms with Gasteiger partial charge in [0.25, 0.3) is 5.91 Å². The van der Waals surface area contributed by atoms with Crippen molar-refractivity contribution < 1.29 is 9.18 Å². The maximum atomic E-state index is 14.2. The van der Waals surface area contributed by atoms with Crippen molar-refractivity contribution >= 4 is 32.6 Å². The number of hydrogen-bond acceptors (Lipinski definition) is 5. The number of anilines is 1. The van der Waals surface area contributed by atoms with E-state index < -0.39 is 0 Å². The number of carbonyl (C=O) groups excluding carboxylic acids is 1. The predicted molar refractivity (Wildman–Crippen MR) is 112 cm³/mol. The van der Waals surface area contributed by atoms with Gasteiger partial charge in [0.15, 0.2) is 5.13 Å². The lowest BCUT2D eigenvalue weighted by Gasteiger charge is -2.24. The summed E-state index contributed by atoms with van der Waals surface area (Å²) < 4.78 is 16.6. The van der Waals surface area contributed by atoms with E-state index >= 15 is 0 Å². The van der Waals surface area contributed by atoms with Crippen molar-refractivity contribution in [3.63, 3.8) is 0 Å². The summed E-state index contributed by atoms with van der Waals surface area (Å²) in [5.41, 5.74) is 1.63. The van der Waals surface area contributed by atoms with Gasteiger partial charge < -0.3 is 4.90 Å². The average molecular weight is 404 g/mol. The van der Waals surface area contributed by atoms with Crippen LogP contribution in [0.1, 0.15) is 37.0 Å². The van der Waals surface area contributed by atoms with Gasteiger partial charge in [-0.25, -0.2) is 9.37 Å². The highest BCUT2D eigenvalue weighted by atomic mass is 32.1. The highest BCUT2D eigenvalue weighted by Gasteiger charge is 2.25. The Balaban J connectivity index is 2.00. The molecule has 1 aromatic carbocycles. The number of benzene rings is 1. The zero-order valence-corrected chi connectivity index (χ0v) is 17.6. The molecule has 3 aromatic rings. The molecule has 0 atom stereocenters. The molecule has 150 valence electrons. The van der Waals surface area contributed by atoms with E-state index in [0.717, 1.165) is 30.0 Å². The normalized spacial score (nSPS) is 11.5. The number of halogens is 1. The third kappa shape index (κ3) is 4.07. The van der Waals surface area contributed by atoms with E-state index in [4.69, 9.17) is 0 Å². The molecule has 8 heteroatoms. The van der Waals surface area contributed by atoms with Gasteiger partial charge in [-0.2, -0.15) is 5.10 Å². The number of para-hydroxylation sites is 1. The van der Waals surface area contributed by atoms with Crippen molar-refractivity contribution in [2.24, 2.45) is 0 Å². The molecule has 0 aliphatic carbocycles. The molecule has 0 bridgehead atoms. The predicted octanol–water partition coefficient (Wildman–Crippen LogP) is 3.95. The Morgan fingerprint density at radius 3 is 2.61 bits per heavy atom. The van der Waals surface area contributed by atoms with Crippen molar-refractivity contribution in [1.29, 1.82) is 0 Å². The van der Waals surface area contributed by atoms with Crippen molar-refractivity contribution in [3.05, 3.63) is 41.5 Å². The first-order chi connectivity index (χ1) is 13.5. The molecule has 6 nitrogen and oxygen atoms in total. The molecular weight excluding hydrogens is 377 g/mol. The van der Waals surface area contributed by atoms with Gasteiger partial charge in [-0.05, 0) is 45.1 Å². The fourth-order valence-electron chi connectivity index (χ4n) is 3.18. The lowest BCUT2D eigenvalue weighted by molar-refractivity contribution is 0.0973. The van der Waals surface area contributed by atoms with Gasteiger partial charge in [-0.3, -0.25) is 14.4 Å². The summed E-state index contributed by atoms with van der Waals surface area (Å²) in [6.45, 7) is 11.6. The summed E-state index contributed by atoms with van der Waals surface area (Å²) in [6.07, 6.45) is 0. The number of amides is 1. The Morgan fingerprint density at radius 2 is 1.96 bits per heavy atom. The summed E-state index contributed by atoms with van der Waals surface area (Å²) in [6, 6.07) is 6.68. The first kappa shape index (κ1) is 20.4. The smallest absolute Gasteiger partial charge is 0.278 e. The molecule has 1 amide bonds. The van der Waals surface area contributed by atoms with E-state index in [1.54, 1.807) is 21.7 Å². The molecule has 0 fully saturated rings. The zero-order valence-electron chi connectivity index (χ0n) is 16.8. The van der Waals surface area contributed by atoms with Gasteiger partial charge in [0.05, 0.1) is 10.4 Å². The SMILES string of the molecule is CCN(CC)CCN(C(=O)c1cc(C)nn1CC)c1nc2c(F)cccc2s1. The Kier molecular flexibility index (Phi) is 6.41. The van der Waals surface area contributed by atoms with Crippen LogP contribution in [0, 0.1) is 12.7 Å². The molecular formula is C20H26FN5OS. The Bertz CT molecular complexity index is 963. The van der Waals surface area contributed by atoms with E-state index in [-0.39, 0.29) is 11.7 Å². The first-order valence-electron chi connectivity index (χ1n) is 9.62. The fourth-order valence-corrected chi connectivity index (χ4v) is 4.19. The van der Waals surface area contributed by atoms with Gasteiger partial charge in [-0.1, -0.05) is 31.3 Å². The van der Waals surface area contributed by atoms with Gasteiger partial charge in [-0.15, -0.1) is 0 Å². The molecule has 2 heterocycles. The molecule has 0 aliphatic rings. The average Bonchev–Trinajstić information content (AvgIpc) is 3.29. The molecule has 0 unspecified atom stereocenters. The summed E-state index contributed by atoms with van der Waals surface area (Å²) in [5, 5.41) is 4.91. The third-order valence-corrected chi connectivity index (χ3v) is 5.83. The Labute approximate surface area is 168 Å². The molecule has 0 spiro atoms. The number of hydrogen-bond donors (Lipinski definition) is 0. The largest absolute Gasteiger partial charge is 0.302 e. The lowest BCUT2D eigenvalue weighted by atomic mass is 10.3.